The van der Waals surface area contributed by atoms with E-state index in [0.717, 1.165) is 11.0 Å². The SMILES string of the molecule is C=C(O)CC(C[N+](C)(C)C)OC.CC. The lowest BCUT2D eigenvalue weighted by atomic mass is 10.2. The second kappa shape index (κ2) is 7.83. The molecule has 0 heterocycles. The molecule has 1 N–H and O–H groups in total. The largest absolute Gasteiger partial charge is 0.513 e. The number of aliphatic hydroxyl groups excluding tert-OH is 1. The van der Waals surface area contributed by atoms with Gasteiger partial charge in [-0.1, -0.05) is 20.4 Å². The Balaban J connectivity index is 0. The zero-order valence-corrected chi connectivity index (χ0v) is 10.5. The Labute approximate surface area is 88.6 Å². The van der Waals surface area contributed by atoms with E-state index in [4.69, 9.17) is 9.84 Å². The first-order chi connectivity index (χ1) is 6.35. The minimum absolute atomic E-state index is 0.0579. The fourth-order valence-corrected chi connectivity index (χ4v) is 1.10. The highest BCUT2D eigenvalue weighted by atomic mass is 16.5. The van der Waals surface area contributed by atoms with Crippen molar-refractivity contribution in [1.29, 1.82) is 0 Å². The Bertz CT molecular complexity index is 150. The highest BCUT2D eigenvalue weighted by Crippen LogP contribution is 2.06. The van der Waals surface area contributed by atoms with Crippen molar-refractivity contribution in [2.75, 3.05) is 34.8 Å². The lowest BCUT2D eigenvalue weighted by Crippen LogP contribution is -2.42. The van der Waals surface area contributed by atoms with Crippen LogP contribution in [0.4, 0.5) is 0 Å². The first kappa shape index (κ1) is 15.9. The summed E-state index contributed by atoms with van der Waals surface area (Å²) in [6.07, 6.45) is 0.578. The van der Waals surface area contributed by atoms with Crippen LogP contribution in [0, 0.1) is 0 Å². The molecular weight excluding hydrogens is 178 g/mol. The van der Waals surface area contributed by atoms with Crippen LogP contribution >= 0.6 is 0 Å². The van der Waals surface area contributed by atoms with Gasteiger partial charge in [-0.2, -0.15) is 0 Å². The third-order valence-corrected chi connectivity index (χ3v) is 1.55. The minimum atomic E-state index is 0.0579. The molecule has 0 aliphatic carbocycles. The van der Waals surface area contributed by atoms with E-state index < -0.39 is 0 Å². The molecule has 0 aliphatic heterocycles. The number of nitrogens with zero attached hydrogens (tertiary/aromatic N) is 1. The smallest absolute Gasteiger partial charge is 0.113 e. The number of hydrogen-bond acceptors (Lipinski definition) is 2. The van der Waals surface area contributed by atoms with Crippen LogP contribution in [-0.4, -0.2) is 50.5 Å². The molecular formula is C11H26NO2+. The first-order valence-electron chi connectivity index (χ1n) is 5.05. The van der Waals surface area contributed by atoms with E-state index in [-0.39, 0.29) is 11.9 Å². The van der Waals surface area contributed by atoms with Crippen LogP contribution in [0.5, 0.6) is 0 Å². The molecule has 0 bridgehead atoms. The fraction of sp³-hybridized carbons (Fsp3) is 0.818. The third-order valence-electron chi connectivity index (χ3n) is 1.55. The molecule has 3 heteroatoms. The van der Waals surface area contributed by atoms with Gasteiger partial charge in [0.05, 0.1) is 26.9 Å². The van der Waals surface area contributed by atoms with Crippen LogP contribution in [0.25, 0.3) is 0 Å². The summed E-state index contributed by atoms with van der Waals surface area (Å²) in [5.41, 5.74) is 0. The normalized spacial score (nSPS) is 12.7. The van der Waals surface area contributed by atoms with Crippen molar-refractivity contribution in [3.05, 3.63) is 12.3 Å². The number of aliphatic hydroxyl groups is 1. The molecule has 0 radical (unpaired) electrons. The molecule has 1 unspecified atom stereocenters. The maximum Gasteiger partial charge on any atom is 0.113 e. The molecule has 0 spiro atoms. The first-order valence-corrected chi connectivity index (χ1v) is 5.05. The Morgan fingerprint density at radius 1 is 1.36 bits per heavy atom. The molecule has 0 amide bonds. The summed E-state index contributed by atoms with van der Waals surface area (Å²) >= 11 is 0. The number of ether oxygens (including phenoxy) is 1. The second-order valence-corrected chi connectivity index (χ2v) is 4.10. The van der Waals surface area contributed by atoms with Crippen molar-refractivity contribution in [2.45, 2.75) is 26.4 Å². The Morgan fingerprint density at radius 2 is 1.79 bits per heavy atom. The third kappa shape index (κ3) is 11.5. The second-order valence-electron chi connectivity index (χ2n) is 4.10. The molecule has 1 atom stereocenters. The van der Waals surface area contributed by atoms with Crippen LogP contribution in [0.2, 0.25) is 0 Å². The molecule has 0 rings (SSSR count). The van der Waals surface area contributed by atoms with Crippen molar-refractivity contribution >= 4 is 0 Å². The lowest BCUT2D eigenvalue weighted by molar-refractivity contribution is -0.873. The molecule has 0 aromatic carbocycles. The van der Waals surface area contributed by atoms with Crippen molar-refractivity contribution in [3.8, 4) is 0 Å². The summed E-state index contributed by atoms with van der Waals surface area (Å²) < 4.78 is 6.03. The molecule has 0 saturated carbocycles. The Kier molecular flexibility index (Phi) is 8.89. The van der Waals surface area contributed by atoms with E-state index in [2.05, 4.69) is 27.7 Å². The van der Waals surface area contributed by atoms with Gasteiger partial charge in [0.1, 0.15) is 12.6 Å². The van der Waals surface area contributed by atoms with Crippen LogP contribution in [0.1, 0.15) is 20.3 Å². The van der Waals surface area contributed by atoms with Crippen molar-refractivity contribution < 1.29 is 14.3 Å². The summed E-state index contributed by atoms with van der Waals surface area (Å²) in [7, 11) is 7.92. The van der Waals surface area contributed by atoms with Gasteiger partial charge in [0.25, 0.3) is 0 Å². The van der Waals surface area contributed by atoms with E-state index in [9.17, 15) is 0 Å². The summed E-state index contributed by atoms with van der Waals surface area (Å²) in [6, 6.07) is 0. The van der Waals surface area contributed by atoms with E-state index in [1.165, 1.54) is 0 Å². The van der Waals surface area contributed by atoms with E-state index in [1.807, 2.05) is 13.8 Å². The molecule has 0 aromatic rings. The zero-order valence-electron chi connectivity index (χ0n) is 10.5. The summed E-state index contributed by atoms with van der Waals surface area (Å²) in [6.45, 7) is 8.31. The van der Waals surface area contributed by atoms with Gasteiger partial charge in [-0.25, -0.2) is 0 Å². The van der Waals surface area contributed by atoms with E-state index in [1.54, 1.807) is 7.11 Å². The maximum absolute atomic E-state index is 8.97. The molecule has 0 saturated heterocycles. The molecule has 0 fully saturated rings. The molecule has 86 valence electrons. The summed E-state index contributed by atoms with van der Waals surface area (Å²) in [5, 5.41) is 8.97. The highest BCUT2D eigenvalue weighted by Gasteiger charge is 2.17. The van der Waals surface area contributed by atoms with Crippen LogP contribution in [-0.2, 0) is 4.74 Å². The van der Waals surface area contributed by atoms with Gasteiger partial charge in [0, 0.05) is 13.5 Å². The lowest BCUT2D eigenvalue weighted by Gasteiger charge is -2.28. The van der Waals surface area contributed by atoms with Crippen LogP contribution in [0.3, 0.4) is 0 Å². The fourth-order valence-electron chi connectivity index (χ4n) is 1.10. The van der Waals surface area contributed by atoms with Gasteiger partial charge in [-0.3, -0.25) is 0 Å². The monoisotopic (exact) mass is 204 g/mol. The standard InChI is InChI=1S/C9H19NO2.C2H6/c1-8(11)6-9(12-5)7-10(2,3)4;1-2/h9H,1,6-7H2,2-5H3;1-2H3/p+1. The van der Waals surface area contributed by atoms with E-state index in [0.29, 0.717) is 6.42 Å². The number of rotatable bonds is 5. The summed E-state index contributed by atoms with van der Waals surface area (Å²) in [5.74, 6) is 0.190. The number of methoxy groups -OCH3 is 1. The molecule has 3 nitrogen and oxygen atoms in total. The minimum Gasteiger partial charge on any atom is -0.513 e. The number of likely N-dealkylation sites (N-methyl/N-ethyl adjacent to an activating group) is 1. The molecule has 0 aliphatic rings. The van der Waals surface area contributed by atoms with Gasteiger partial charge in [0.2, 0.25) is 0 Å². The predicted octanol–water partition coefficient (Wildman–Crippen LogP) is 2.20. The highest BCUT2D eigenvalue weighted by molar-refractivity contribution is 4.82. The van der Waals surface area contributed by atoms with Crippen molar-refractivity contribution in [3.63, 3.8) is 0 Å². The number of quaternary nitrogens is 1. The topological polar surface area (TPSA) is 29.5 Å². The number of hydrogen-bond donors (Lipinski definition) is 1. The van der Waals surface area contributed by atoms with Gasteiger partial charge in [0.15, 0.2) is 0 Å². The molecule has 0 aromatic heterocycles. The zero-order chi connectivity index (χ0) is 11.8. The van der Waals surface area contributed by atoms with Crippen molar-refractivity contribution in [1.82, 2.24) is 0 Å². The maximum atomic E-state index is 8.97. The Morgan fingerprint density at radius 3 is 2.00 bits per heavy atom. The van der Waals surface area contributed by atoms with Crippen LogP contribution < -0.4 is 0 Å². The summed E-state index contributed by atoms with van der Waals surface area (Å²) in [4.78, 5) is 0. The van der Waals surface area contributed by atoms with Crippen LogP contribution in [0.15, 0.2) is 12.3 Å². The quantitative estimate of drug-likeness (QED) is 0.549. The van der Waals surface area contributed by atoms with Gasteiger partial charge >= 0.3 is 0 Å². The van der Waals surface area contributed by atoms with Gasteiger partial charge < -0.3 is 14.3 Å². The Hall–Kier alpha value is -0.540. The van der Waals surface area contributed by atoms with E-state index >= 15 is 0 Å². The van der Waals surface area contributed by atoms with Gasteiger partial charge in [-0.05, 0) is 0 Å². The van der Waals surface area contributed by atoms with Gasteiger partial charge in [-0.15, -0.1) is 0 Å². The average molecular weight is 204 g/mol. The average Bonchev–Trinajstić information content (AvgIpc) is 2.03. The predicted molar refractivity (Wildman–Crippen MR) is 61.4 cm³/mol. The molecule has 14 heavy (non-hydrogen) atoms. The van der Waals surface area contributed by atoms with Crippen molar-refractivity contribution in [2.24, 2.45) is 0 Å².